The molecular weight excluding hydrogens is 208 g/mol. The van der Waals surface area contributed by atoms with Gasteiger partial charge in [0, 0.05) is 16.9 Å². The van der Waals surface area contributed by atoms with Gasteiger partial charge in [-0.2, -0.15) is 0 Å². The van der Waals surface area contributed by atoms with E-state index in [1.165, 1.54) is 10.5 Å². The van der Waals surface area contributed by atoms with Crippen molar-refractivity contribution in [1.82, 2.24) is 0 Å². The van der Waals surface area contributed by atoms with E-state index in [0.29, 0.717) is 6.61 Å². The molecule has 0 saturated carbocycles. The predicted molar refractivity (Wildman–Crippen MR) is 62.4 cm³/mol. The fourth-order valence-corrected chi connectivity index (χ4v) is 2.40. The van der Waals surface area contributed by atoms with E-state index >= 15 is 0 Å². The smallest absolute Gasteiger partial charge is 0.0585 e. The number of aliphatic hydroxyl groups excluding tert-OH is 1. The van der Waals surface area contributed by atoms with Gasteiger partial charge in [0.2, 0.25) is 0 Å². The quantitative estimate of drug-likeness (QED) is 0.797. The monoisotopic (exact) mass is 224 g/mol. The van der Waals surface area contributed by atoms with Gasteiger partial charge in [0.1, 0.15) is 0 Å². The Morgan fingerprint density at radius 2 is 2.13 bits per heavy atom. The largest absolute Gasteiger partial charge is 0.395 e. The number of hydrogen-bond acceptors (Lipinski definition) is 3. The van der Waals surface area contributed by atoms with Crippen LogP contribution in [0.1, 0.15) is 12.0 Å². The van der Waals surface area contributed by atoms with Crippen LogP contribution in [0.25, 0.3) is 0 Å². The van der Waals surface area contributed by atoms with Crippen molar-refractivity contribution in [2.24, 2.45) is 0 Å². The van der Waals surface area contributed by atoms with Crippen molar-refractivity contribution in [1.29, 1.82) is 0 Å². The standard InChI is InChI=1S/C12H16O2S/c1-15-11-4-2-10(3-5-11)12(8-13)6-7-14-9-12/h2-5,13H,6-9H2,1H3/t12-/m0/s1. The number of rotatable bonds is 3. The third kappa shape index (κ3) is 2.05. The zero-order valence-corrected chi connectivity index (χ0v) is 9.72. The van der Waals surface area contributed by atoms with Crippen molar-refractivity contribution < 1.29 is 9.84 Å². The van der Waals surface area contributed by atoms with Gasteiger partial charge in [-0.15, -0.1) is 11.8 Å². The highest BCUT2D eigenvalue weighted by Crippen LogP contribution is 2.33. The summed E-state index contributed by atoms with van der Waals surface area (Å²) >= 11 is 1.73. The minimum atomic E-state index is -0.156. The Hall–Kier alpha value is -0.510. The summed E-state index contributed by atoms with van der Waals surface area (Å²) < 4.78 is 5.40. The number of hydrogen-bond donors (Lipinski definition) is 1. The van der Waals surface area contributed by atoms with Crippen LogP contribution in [0.5, 0.6) is 0 Å². The van der Waals surface area contributed by atoms with E-state index in [4.69, 9.17) is 4.74 Å². The van der Waals surface area contributed by atoms with Crippen LogP contribution >= 0.6 is 11.8 Å². The summed E-state index contributed by atoms with van der Waals surface area (Å²) in [6, 6.07) is 8.43. The van der Waals surface area contributed by atoms with Crippen molar-refractivity contribution in [3.8, 4) is 0 Å². The number of ether oxygens (including phenoxy) is 1. The molecule has 1 fully saturated rings. The fraction of sp³-hybridized carbons (Fsp3) is 0.500. The first-order chi connectivity index (χ1) is 7.30. The minimum Gasteiger partial charge on any atom is -0.395 e. The lowest BCUT2D eigenvalue weighted by Gasteiger charge is -2.25. The van der Waals surface area contributed by atoms with Crippen LogP contribution in [0, 0.1) is 0 Å². The SMILES string of the molecule is CSc1ccc([C@]2(CO)CCOC2)cc1. The first kappa shape index (κ1) is 11.0. The minimum absolute atomic E-state index is 0.156. The molecule has 1 aliphatic rings. The second-order valence-corrected chi connectivity index (χ2v) is 4.85. The van der Waals surface area contributed by atoms with Crippen LogP contribution in [0.3, 0.4) is 0 Å². The third-order valence-corrected chi connectivity index (χ3v) is 3.85. The zero-order valence-electron chi connectivity index (χ0n) is 8.90. The summed E-state index contributed by atoms with van der Waals surface area (Å²) in [6.45, 7) is 1.57. The van der Waals surface area contributed by atoms with E-state index in [1.54, 1.807) is 11.8 Å². The van der Waals surface area contributed by atoms with Gasteiger partial charge < -0.3 is 9.84 Å². The number of benzene rings is 1. The number of thioether (sulfide) groups is 1. The average Bonchev–Trinajstić information content (AvgIpc) is 2.79. The maximum absolute atomic E-state index is 9.51. The van der Waals surface area contributed by atoms with Gasteiger partial charge in [-0.1, -0.05) is 12.1 Å². The van der Waals surface area contributed by atoms with Crippen LogP contribution < -0.4 is 0 Å². The van der Waals surface area contributed by atoms with Gasteiger partial charge in [-0.25, -0.2) is 0 Å². The molecule has 0 aromatic heterocycles. The highest BCUT2D eigenvalue weighted by atomic mass is 32.2. The molecule has 0 unspecified atom stereocenters. The van der Waals surface area contributed by atoms with Crippen molar-refractivity contribution in [3.05, 3.63) is 29.8 Å². The summed E-state index contributed by atoms with van der Waals surface area (Å²) in [6.07, 6.45) is 2.98. The first-order valence-corrected chi connectivity index (χ1v) is 6.36. The second-order valence-electron chi connectivity index (χ2n) is 3.97. The molecule has 1 aromatic carbocycles. The van der Waals surface area contributed by atoms with Crippen LogP contribution in [0.15, 0.2) is 29.2 Å². The van der Waals surface area contributed by atoms with E-state index in [0.717, 1.165) is 13.0 Å². The van der Waals surface area contributed by atoms with Crippen molar-refractivity contribution in [3.63, 3.8) is 0 Å². The molecule has 1 saturated heterocycles. The highest BCUT2D eigenvalue weighted by Gasteiger charge is 2.35. The van der Waals surface area contributed by atoms with Crippen LogP contribution in [0.2, 0.25) is 0 Å². The molecule has 1 atom stereocenters. The lowest BCUT2D eigenvalue weighted by molar-refractivity contribution is 0.140. The summed E-state index contributed by atoms with van der Waals surface area (Å²) in [4.78, 5) is 1.26. The first-order valence-electron chi connectivity index (χ1n) is 5.14. The van der Waals surface area contributed by atoms with E-state index in [1.807, 2.05) is 0 Å². The topological polar surface area (TPSA) is 29.5 Å². The van der Waals surface area contributed by atoms with Crippen molar-refractivity contribution in [2.45, 2.75) is 16.7 Å². The molecule has 1 heterocycles. The molecule has 3 heteroatoms. The Morgan fingerprint density at radius 3 is 2.60 bits per heavy atom. The Labute approximate surface area is 94.6 Å². The van der Waals surface area contributed by atoms with E-state index in [-0.39, 0.29) is 12.0 Å². The molecule has 2 nitrogen and oxygen atoms in total. The molecule has 0 spiro atoms. The third-order valence-electron chi connectivity index (χ3n) is 3.11. The lowest BCUT2D eigenvalue weighted by atomic mass is 9.81. The molecule has 1 N–H and O–H groups in total. The predicted octanol–water partition coefficient (Wildman–Crippen LogP) is 2.06. The van der Waals surface area contributed by atoms with Gasteiger partial charge in [0.05, 0.1) is 13.2 Å². The van der Waals surface area contributed by atoms with Gasteiger partial charge in [-0.3, -0.25) is 0 Å². The molecule has 15 heavy (non-hydrogen) atoms. The molecule has 82 valence electrons. The zero-order chi connectivity index (χ0) is 10.7. The van der Waals surface area contributed by atoms with Gasteiger partial charge in [0.25, 0.3) is 0 Å². The van der Waals surface area contributed by atoms with Crippen molar-refractivity contribution in [2.75, 3.05) is 26.1 Å². The van der Waals surface area contributed by atoms with Gasteiger partial charge >= 0.3 is 0 Å². The van der Waals surface area contributed by atoms with Crippen LogP contribution in [-0.2, 0) is 10.2 Å². The Balaban J connectivity index is 2.26. The van der Waals surface area contributed by atoms with Crippen LogP contribution in [-0.4, -0.2) is 31.2 Å². The highest BCUT2D eigenvalue weighted by molar-refractivity contribution is 7.98. The molecule has 0 bridgehead atoms. The normalized spacial score (nSPS) is 25.7. The fourth-order valence-electron chi connectivity index (χ4n) is 2.00. The van der Waals surface area contributed by atoms with Crippen LogP contribution in [0.4, 0.5) is 0 Å². The van der Waals surface area contributed by atoms with Crippen molar-refractivity contribution >= 4 is 11.8 Å². The maximum Gasteiger partial charge on any atom is 0.0585 e. The second kappa shape index (κ2) is 4.56. The van der Waals surface area contributed by atoms with E-state index < -0.39 is 0 Å². The summed E-state index contributed by atoms with van der Waals surface area (Å²) in [5, 5.41) is 9.51. The molecular formula is C12H16O2S. The molecule has 0 radical (unpaired) electrons. The average molecular weight is 224 g/mol. The lowest BCUT2D eigenvalue weighted by Crippen LogP contribution is -2.30. The van der Waals surface area contributed by atoms with E-state index in [2.05, 4.69) is 30.5 Å². The maximum atomic E-state index is 9.51. The summed E-state index contributed by atoms with van der Waals surface area (Å²) in [5.74, 6) is 0. The molecule has 1 aliphatic heterocycles. The van der Waals surface area contributed by atoms with Gasteiger partial charge in [0.15, 0.2) is 0 Å². The Bertz CT molecular complexity index is 315. The summed E-state index contributed by atoms with van der Waals surface area (Å²) in [5.41, 5.74) is 1.04. The Morgan fingerprint density at radius 1 is 1.40 bits per heavy atom. The number of aliphatic hydroxyl groups is 1. The van der Waals surface area contributed by atoms with Gasteiger partial charge in [-0.05, 0) is 30.4 Å². The molecule has 0 amide bonds. The van der Waals surface area contributed by atoms with E-state index in [9.17, 15) is 5.11 Å². The Kier molecular flexibility index (Phi) is 3.34. The molecule has 0 aliphatic carbocycles. The summed E-state index contributed by atoms with van der Waals surface area (Å²) in [7, 11) is 0. The molecule has 2 rings (SSSR count). The molecule has 1 aromatic rings.